The third-order valence-electron chi connectivity index (χ3n) is 2.67. The van der Waals surface area contributed by atoms with Crippen LogP contribution in [-0.2, 0) is 0 Å². The molecule has 90 valence electrons. The Balaban J connectivity index is 0.00000106. The Morgan fingerprint density at radius 3 is 2.25 bits per heavy atom. The second kappa shape index (κ2) is 7.27. The maximum absolute atomic E-state index is 4.07. The molecule has 1 aliphatic carbocycles. The second-order valence-electron chi connectivity index (χ2n) is 4.24. The molecule has 0 atom stereocenters. The summed E-state index contributed by atoms with van der Waals surface area (Å²) in [5.41, 5.74) is 6.86. The Labute approximate surface area is 101 Å². The summed E-state index contributed by atoms with van der Waals surface area (Å²) in [6.07, 6.45) is 6.68. The van der Waals surface area contributed by atoms with E-state index in [1.807, 2.05) is 13.8 Å². The fraction of sp³-hybridized carbons (Fsp3) is 0.500. The molecule has 0 spiro atoms. The van der Waals surface area contributed by atoms with Crippen LogP contribution in [-0.4, -0.2) is 0 Å². The summed E-state index contributed by atoms with van der Waals surface area (Å²) in [5.74, 6) is 0. The Bertz CT molecular complexity index is 331. The molecular formula is C16H26. The fourth-order valence-electron chi connectivity index (χ4n) is 1.81. The maximum atomic E-state index is 4.07. The van der Waals surface area contributed by atoms with Gasteiger partial charge in [-0.25, -0.2) is 0 Å². The van der Waals surface area contributed by atoms with Crippen molar-refractivity contribution < 1.29 is 0 Å². The third-order valence-corrected chi connectivity index (χ3v) is 2.67. The van der Waals surface area contributed by atoms with Crippen molar-refractivity contribution in [1.29, 1.82) is 0 Å². The summed E-state index contributed by atoms with van der Waals surface area (Å²) in [6.45, 7) is 16.8. The van der Waals surface area contributed by atoms with Crippen molar-refractivity contribution in [2.45, 2.75) is 54.4 Å². The highest BCUT2D eigenvalue weighted by Crippen LogP contribution is 2.29. The van der Waals surface area contributed by atoms with Crippen molar-refractivity contribution >= 4 is 0 Å². The van der Waals surface area contributed by atoms with Crippen LogP contribution in [0.25, 0.3) is 0 Å². The lowest BCUT2D eigenvalue weighted by molar-refractivity contribution is 1.08. The van der Waals surface area contributed by atoms with Crippen LogP contribution >= 0.6 is 0 Å². The van der Waals surface area contributed by atoms with Crippen molar-refractivity contribution in [3.8, 4) is 0 Å². The molecule has 0 aromatic heterocycles. The van der Waals surface area contributed by atoms with Gasteiger partial charge >= 0.3 is 0 Å². The van der Waals surface area contributed by atoms with E-state index in [1.54, 1.807) is 0 Å². The summed E-state index contributed by atoms with van der Waals surface area (Å²) in [7, 11) is 0. The van der Waals surface area contributed by atoms with E-state index in [0.717, 1.165) is 12.8 Å². The van der Waals surface area contributed by atoms with Crippen molar-refractivity contribution in [2.24, 2.45) is 0 Å². The largest absolute Gasteiger partial charge is 0.0915 e. The third kappa shape index (κ3) is 4.22. The molecule has 0 heteroatoms. The highest BCUT2D eigenvalue weighted by atomic mass is 14.2. The van der Waals surface area contributed by atoms with E-state index in [1.165, 1.54) is 27.9 Å². The highest BCUT2D eigenvalue weighted by Gasteiger charge is 2.10. The van der Waals surface area contributed by atoms with E-state index in [2.05, 4.69) is 46.4 Å². The first-order valence-electron chi connectivity index (χ1n) is 6.28. The van der Waals surface area contributed by atoms with E-state index in [9.17, 15) is 0 Å². The van der Waals surface area contributed by atoms with Gasteiger partial charge in [0.25, 0.3) is 0 Å². The summed E-state index contributed by atoms with van der Waals surface area (Å²) in [5, 5.41) is 0. The molecule has 16 heavy (non-hydrogen) atoms. The molecule has 0 unspecified atom stereocenters. The van der Waals surface area contributed by atoms with Gasteiger partial charge in [-0.2, -0.15) is 0 Å². The fourth-order valence-corrected chi connectivity index (χ4v) is 1.81. The summed E-state index contributed by atoms with van der Waals surface area (Å²) in [6, 6.07) is 0. The van der Waals surface area contributed by atoms with Gasteiger partial charge in [0.15, 0.2) is 0 Å². The van der Waals surface area contributed by atoms with E-state index >= 15 is 0 Å². The van der Waals surface area contributed by atoms with Crippen LogP contribution in [0.1, 0.15) is 54.4 Å². The minimum absolute atomic E-state index is 1.08. The first-order valence-corrected chi connectivity index (χ1v) is 6.28. The average molecular weight is 218 g/mol. The molecule has 1 aliphatic rings. The molecule has 0 amide bonds. The zero-order valence-corrected chi connectivity index (χ0v) is 11.8. The first-order chi connectivity index (χ1) is 7.54. The summed E-state index contributed by atoms with van der Waals surface area (Å²) >= 11 is 0. The van der Waals surface area contributed by atoms with Crippen LogP contribution < -0.4 is 0 Å². The monoisotopic (exact) mass is 218 g/mol. The number of rotatable bonds is 2. The zero-order chi connectivity index (χ0) is 12.7. The van der Waals surface area contributed by atoms with Crippen LogP contribution in [0.15, 0.2) is 46.6 Å². The topological polar surface area (TPSA) is 0 Å². The molecular weight excluding hydrogens is 192 g/mol. The number of hydrogen-bond acceptors (Lipinski definition) is 0. The SMILES string of the molecule is C=C1C=C(C)C/C1=C/C(CC)=C(C)C.CC. The van der Waals surface area contributed by atoms with Crippen LogP contribution in [0.4, 0.5) is 0 Å². The zero-order valence-electron chi connectivity index (χ0n) is 11.8. The normalized spacial score (nSPS) is 16.8. The minimum atomic E-state index is 1.08. The van der Waals surface area contributed by atoms with Crippen LogP contribution in [0.5, 0.6) is 0 Å². The number of allylic oxidation sites excluding steroid dienone is 7. The Hall–Kier alpha value is -1.04. The molecule has 0 saturated heterocycles. The molecule has 0 fully saturated rings. The molecule has 0 aromatic rings. The van der Waals surface area contributed by atoms with Crippen LogP contribution in [0.2, 0.25) is 0 Å². The molecule has 0 bridgehead atoms. The van der Waals surface area contributed by atoms with Gasteiger partial charge in [0.2, 0.25) is 0 Å². The standard InChI is InChI=1S/C14H20.C2H6/c1-6-13(10(2)3)9-14-8-11(4)7-12(14)5;1-2/h7,9H,5-6,8H2,1-4H3;1-2H3/b14-9-;. The van der Waals surface area contributed by atoms with Gasteiger partial charge in [0.05, 0.1) is 0 Å². The molecule has 0 N–H and O–H groups in total. The van der Waals surface area contributed by atoms with Crippen molar-refractivity contribution in [3.05, 3.63) is 46.6 Å². The van der Waals surface area contributed by atoms with Gasteiger partial charge in [0.1, 0.15) is 0 Å². The predicted octanol–water partition coefficient (Wildman–Crippen LogP) is 5.59. The smallest absolute Gasteiger partial charge is 0.00607 e. The Morgan fingerprint density at radius 2 is 1.94 bits per heavy atom. The molecule has 0 heterocycles. The van der Waals surface area contributed by atoms with Crippen molar-refractivity contribution in [2.75, 3.05) is 0 Å². The van der Waals surface area contributed by atoms with Crippen LogP contribution in [0, 0.1) is 0 Å². The Morgan fingerprint density at radius 1 is 1.38 bits per heavy atom. The van der Waals surface area contributed by atoms with Crippen molar-refractivity contribution in [1.82, 2.24) is 0 Å². The van der Waals surface area contributed by atoms with Gasteiger partial charge in [-0.05, 0) is 50.3 Å². The maximum Gasteiger partial charge on any atom is -0.00607 e. The van der Waals surface area contributed by atoms with E-state index in [4.69, 9.17) is 0 Å². The lowest BCUT2D eigenvalue weighted by Gasteiger charge is -2.04. The van der Waals surface area contributed by atoms with Gasteiger partial charge < -0.3 is 0 Å². The lowest BCUT2D eigenvalue weighted by Crippen LogP contribution is -1.85. The predicted molar refractivity (Wildman–Crippen MR) is 75.6 cm³/mol. The lowest BCUT2D eigenvalue weighted by atomic mass is 10.0. The summed E-state index contributed by atoms with van der Waals surface area (Å²) in [4.78, 5) is 0. The van der Waals surface area contributed by atoms with Gasteiger partial charge in [-0.1, -0.05) is 50.6 Å². The quantitative estimate of drug-likeness (QED) is 0.566. The van der Waals surface area contributed by atoms with E-state index in [0.29, 0.717) is 0 Å². The average Bonchev–Trinajstić information content (AvgIpc) is 2.56. The van der Waals surface area contributed by atoms with Gasteiger partial charge in [-0.15, -0.1) is 0 Å². The van der Waals surface area contributed by atoms with Gasteiger partial charge in [-0.3, -0.25) is 0 Å². The minimum Gasteiger partial charge on any atom is -0.0915 e. The second-order valence-corrected chi connectivity index (χ2v) is 4.24. The highest BCUT2D eigenvalue weighted by molar-refractivity contribution is 5.50. The van der Waals surface area contributed by atoms with E-state index < -0.39 is 0 Å². The first kappa shape index (κ1) is 15.0. The van der Waals surface area contributed by atoms with Gasteiger partial charge in [0, 0.05) is 0 Å². The van der Waals surface area contributed by atoms with Crippen LogP contribution in [0.3, 0.4) is 0 Å². The molecule has 0 radical (unpaired) electrons. The van der Waals surface area contributed by atoms with E-state index in [-0.39, 0.29) is 0 Å². The number of hydrogen-bond donors (Lipinski definition) is 0. The molecule has 0 aromatic carbocycles. The summed E-state index contributed by atoms with van der Waals surface area (Å²) < 4.78 is 0. The van der Waals surface area contributed by atoms with Crippen molar-refractivity contribution in [3.63, 3.8) is 0 Å². The molecule has 0 nitrogen and oxygen atoms in total. The molecule has 0 saturated carbocycles. The Kier molecular flexibility index (Phi) is 6.80. The molecule has 1 rings (SSSR count). The molecule has 0 aliphatic heterocycles.